The Hall–Kier alpha value is -2.24. The molecule has 2 rings (SSSR count). The minimum atomic E-state index is -1.16. The van der Waals surface area contributed by atoms with Crippen LogP contribution in [0, 0.1) is 0 Å². The van der Waals surface area contributed by atoms with Gasteiger partial charge >= 0.3 is 5.97 Å². The quantitative estimate of drug-likeness (QED) is 0.914. The number of aliphatic carboxylic acids is 1. The molecule has 2 aromatic rings. The smallest absolute Gasteiger partial charge is 0.331 e. The van der Waals surface area contributed by atoms with Gasteiger partial charge in [-0.25, -0.2) is 9.48 Å². The van der Waals surface area contributed by atoms with Gasteiger partial charge in [-0.1, -0.05) is 45.0 Å². The highest BCUT2D eigenvalue weighted by molar-refractivity contribution is 5.77. The van der Waals surface area contributed by atoms with E-state index in [1.807, 2.05) is 24.3 Å². The second-order valence-corrected chi connectivity index (χ2v) is 5.62. The Kier molecular flexibility index (Phi) is 4.06. The van der Waals surface area contributed by atoms with Crippen molar-refractivity contribution in [3.8, 4) is 11.4 Å². The molecule has 1 atom stereocenters. The molecular weight excluding hydrogens is 268 g/mol. The topological polar surface area (TPSA) is 80.9 Å². The van der Waals surface area contributed by atoms with Crippen LogP contribution in [0.4, 0.5) is 0 Å². The molecule has 0 saturated heterocycles. The molecule has 0 radical (unpaired) electrons. The lowest BCUT2D eigenvalue weighted by Gasteiger charge is -2.24. The molecule has 112 valence electrons. The highest BCUT2D eigenvalue weighted by Crippen LogP contribution is 2.27. The summed E-state index contributed by atoms with van der Waals surface area (Å²) >= 11 is 0. The molecule has 0 amide bonds. The van der Waals surface area contributed by atoms with Crippen molar-refractivity contribution in [2.75, 3.05) is 0 Å². The predicted octanol–water partition coefficient (Wildman–Crippen LogP) is 2.67. The molecule has 1 N–H and O–H groups in total. The number of carbonyl (C=O) groups is 1. The number of hydrogen-bond donors (Lipinski definition) is 1. The van der Waals surface area contributed by atoms with Crippen molar-refractivity contribution >= 4 is 5.97 Å². The summed E-state index contributed by atoms with van der Waals surface area (Å²) in [4.78, 5) is 11.6. The summed E-state index contributed by atoms with van der Waals surface area (Å²) < 4.78 is 1.39. The van der Waals surface area contributed by atoms with Gasteiger partial charge in [-0.2, -0.15) is 0 Å². The number of tetrazole rings is 1. The summed E-state index contributed by atoms with van der Waals surface area (Å²) in [5.74, 6) is -0.0376. The van der Waals surface area contributed by atoms with Gasteiger partial charge in [0.25, 0.3) is 0 Å². The van der Waals surface area contributed by atoms with Crippen LogP contribution in [0.15, 0.2) is 24.3 Å². The Morgan fingerprint density at radius 3 is 2.43 bits per heavy atom. The van der Waals surface area contributed by atoms with Gasteiger partial charge in [-0.05, 0) is 35.3 Å². The van der Waals surface area contributed by atoms with Crippen molar-refractivity contribution in [3.05, 3.63) is 29.8 Å². The Bertz CT molecular complexity index is 633. The molecule has 0 spiro atoms. The molecule has 0 aliphatic carbocycles. The van der Waals surface area contributed by atoms with Gasteiger partial charge in [0.05, 0.1) is 0 Å². The fourth-order valence-corrected chi connectivity index (χ4v) is 2.11. The van der Waals surface area contributed by atoms with E-state index in [-0.39, 0.29) is 0 Å². The van der Waals surface area contributed by atoms with Gasteiger partial charge in [-0.3, -0.25) is 0 Å². The summed E-state index contributed by atoms with van der Waals surface area (Å²) in [6, 6.07) is 7.89. The number of rotatable bonds is 5. The summed E-state index contributed by atoms with van der Waals surface area (Å²) in [6.07, 6.45) is 0.393. The van der Waals surface area contributed by atoms with E-state index >= 15 is 0 Å². The molecule has 0 bridgehead atoms. The maximum atomic E-state index is 11.6. The Labute approximate surface area is 123 Å². The molecule has 21 heavy (non-hydrogen) atoms. The van der Waals surface area contributed by atoms with Crippen molar-refractivity contribution in [2.45, 2.75) is 45.6 Å². The molecule has 1 aromatic carbocycles. The van der Waals surface area contributed by atoms with Crippen LogP contribution in [-0.4, -0.2) is 31.3 Å². The van der Waals surface area contributed by atoms with Crippen LogP contribution in [0.1, 0.15) is 45.6 Å². The van der Waals surface area contributed by atoms with Gasteiger partial charge < -0.3 is 5.11 Å². The number of nitrogens with zero attached hydrogens (tertiary/aromatic N) is 4. The standard InChI is InChI=1S/C15H20N4O2/c1-5-15(4,14(20)21)19-13(16-17-18-19)12-8-6-11(7-9-12)10(2)3/h6-10H,5H2,1-4H3,(H,20,21). The van der Waals surface area contributed by atoms with Crippen LogP contribution in [-0.2, 0) is 10.3 Å². The second-order valence-electron chi connectivity index (χ2n) is 5.62. The van der Waals surface area contributed by atoms with Crippen molar-refractivity contribution in [1.29, 1.82) is 0 Å². The lowest BCUT2D eigenvalue weighted by atomic mass is 9.98. The zero-order chi connectivity index (χ0) is 15.6. The molecule has 0 aliphatic rings. The number of aromatic nitrogens is 4. The van der Waals surface area contributed by atoms with E-state index in [1.165, 1.54) is 10.2 Å². The largest absolute Gasteiger partial charge is 0.479 e. The zero-order valence-corrected chi connectivity index (χ0v) is 12.7. The second kappa shape index (κ2) is 5.63. The van der Waals surface area contributed by atoms with Gasteiger partial charge in [0.15, 0.2) is 11.4 Å². The third-order valence-electron chi connectivity index (χ3n) is 3.92. The van der Waals surface area contributed by atoms with Crippen LogP contribution >= 0.6 is 0 Å². The van der Waals surface area contributed by atoms with E-state index in [4.69, 9.17) is 0 Å². The van der Waals surface area contributed by atoms with Crippen molar-refractivity contribution in [1.82, 2.24) is 20.2 Å². The van der Waals surface area contributed by atoms with Crippen molar-refractivity contribution in [3.63, 3.8) is 0 Å². The lowest BCUT2D eigenvalue weighted by molar-refractivity contribution is -0.147. The molecule has 1 heterocycles. The van der Waals surface area contributed by atoms with E-state index in [0.717, 1.165) is 5.56 Å². The summed E-state index contributed by atoms with van der Waals surface area (Å²) in [6.45, 7) is 7.68. The molecule has 1 unspecified atom stereocenters. The van der Waals surface area contributed by atoms with E-state index in [9.17, 15) is 9.90 Å². The van der Waals surface area contributed by atoms with E-state index in [0.29, 0.717) is 18.2 Å². The molecule has 1 aromatic heterocycles. The first-order chi connectivity index (χ1) is 9.90. The van der Waals surface area contributed by atoms with Crippen LogP contribution in [0.5, 0.6) is 0 Å². The van der Waals surface area contributed by atoms with E-state index in [2.05, 4.69) is 29.4 Å². The third-order valence-corrected chi connectivity index (χ3v) is 3.92. The minimum absolute atomic E-state index is 0.393. The maximum Gasteiger partial charge on any atom is 0.331 e. The van der Waals surface area contributed by atoms with Crippen LogP contribution < -0.4 is 0 Å². The number of carboxylic acids is 1. The van der Waals surface area contributed by atoms with Gasteiger partial charge in [0.2, 0.25) is 0 Å². The average Bonchev–Trinajstić information content (AvgIpc) is 2.96. The van der Waals surface area contributed by atoms with E-state index in [1.54, 1.807) is 13.8 Å². The summed E-state index contributed by atoms with van der Waals surface area (Å²) in [5.41, 5.74) is 0.870. The van der Waals surface area contributed by atoms with Crippen molar-refractivity contribution < 1.29 is 9.90 Å². The Morgan fingerprint density at radius 2 is 1.95 bits per heavy atom. The minimum Gasteiger partial charge on any atom is -0.479 e. The van der Waals surface area contributed by atoms with Crippen LogP contribution in [0.25, 0.3) is 11.4 Å². The first-order valence-electron chi connectivity index (χ1n) is 7.02. The SMILES string of the molecule is CCC(C)(C(=O)O)n1nnnc1-c1ccc(C(C)C)cc1. The molecule has 0 fully saturated rings. The highest BCUT2D eigenvalue weighted by atomic mass is 16.4. The first-order valence-corrected chi connectivity index (χ1v) is 7.02. The fourth-order valence-electron chi connectivity index (χ4n) is 2.11. The molecule has 6 heteroatoms. The number of benzene rings is 1. The van der Waals surface area contributed by atoms with Crippen molar-refractivity contribution in [2.24, 2.45) is 0 Å². The monoisotopic (exact) mass is 288 g/mol. The predicted molar refractivity (Wildman–Crippen MR) is 78.9 cm³/mol. The Morgan fingerprint density at radius 1 is 1.33 bits per heavy atom. The summed E-state index contributed by atoms with van der Waals surface area (Å²) in [5, 5.41) is 21.0. The Balaban J connectivity index is 2.47. The van der Waals surface area contributed by atoms with E-state index < -0.39 is 11.5 Å². The first kappa shape index (κ1) is 15.2. The molecular formula is C15H20N4O2. The normalized spacial score (nSPS) is 14.1. The third kappa shape index (κ3) is 2.66. The molecule has 6 nitrogen and oxygen atoms in total. The van der Waals surface area contributed by atoms with Gasteiger partial charge in [0, 0.05) is 5.56 Å². The molecule has 0 aliphatic heterocycles. The van der Waals surface area contributed by atoms with Crippen LogP contribution in [0.3, 0.4) is 0 Å². The average molecular weight is 288 g/mol. The van der Waals surface area contributed by atoms with Gasteiger partial charge in [0.1, 0.15) is 0 Å². The fraction of sp³-hybridized carbons (Fsp3) is 0.467. The zero-order valence-electron chi connectivity index (χ0n) is 12.7. The number of carboxylic acid groups (broad SMARTS) is 1. The maximum absolute atomic E-state index is 11.6. The lowest BCUT2D eigenvalue weighted by Crippen LogP contribution is -2.39. The van der Waals surface area contributed by atoms with Crippen LogP contribution in [0.2, 0.25) is 0 Å². The number of hydrogen-bond acceptors (Lipinski definition) is 4. The highest BCUT2D eigenvalue weighted by Gasteiger charge is 2.37. The summed E-state index contributed by atoms with van der Waals surface area (Å²) in [7, 11) is 0. The van der Waals surface area contributed by atoms with Gasteiger partial charge in [-0.15, -0.1) is 5.10 Å². The molecule has 0 saturated carbocycles.